The van der Waals surface area contributed by atoms with E-state index in [-0.39, 0.29) is 0 Å². The molecule has 2 aliphatic rings. The highest BCUT2D eigenvalue weighted by Gasteiger charge is 2.30. The van der Waals surface area contributed by atoms with Gasteiger partial charge in [-0.15, -0.1) is 0 Å². The second kappa shape index (κ2) is 6.31. The molecule has 1 aromatic carbocycles. The maximum Gasteiger partial charge on any atom is 0.118 e. The van der Waals surface area contributed by atoms with Gasteiger partial charge in [0, 0.05) is 44.8 Å². The zero-order chi connectivity index (χ0) is 15.6. The van der Waals surface area contributed by atoms with Crippen LogP contribution in [0.4, 0.5) is 0 Å². The average molecular weight is 313 g/mol. The Morgan fingerprint density at radius 1 is 1.26 bits per heavy atom. The summed E-state index contributed by atoms with van der Waals surface area (Å²) in [4.78, 5) is 6.78. The fourth-order valence-electron chi connectivity index (χ4n) is 3.60. The van der Waals surface area contributed by atoms with Crippen molar-refractivity contribution in [1.82, 2.24) is 25.3 Å². The first-order valence-corrected chi connectivity index (χ1v) is 8.17. The molecule has 2 atom stereocenters. The van der Waals surface area contributed by atoms with E-state index in [2.05, 4.69) is 37.4 Å². The van der Waals surface area contributed by atoms with E-state index < -0.39 is 0 Å². The van der Waals surface area contributed by atoms with E-state index in [0.29, 0.717) is 12.0 Å². The lowest BCUT2D eigenvalue weighted by Crippen LogP contribution is -2.38. The number of ether oxygens (including phenoxy) is 1. The van der Waals surface area contributed by atoms with Crippen LogP contribution in [-0.4, -0.2) is 41.2 Å². The van der Waals surface area contributed by atoms with Gasteiger partial charge in [0.2, 0.25) is 0 Å². The number of fused-ring (bicyclic) bond motifs is 1. The summed E-state index contributed by atoms with van der Waals surface area (Å²) in [6.45, 7) is 5.20. The van der Waals surface area contributed by atoms with Crippen molar-refractivity contribution < 1.29 is 4.74 Å². The Hall–Kier alpha value is -1.89. The average Bonchev–Trinajstić information content (AvgIpc) is 3.23. The molecule has 0 saturated carbocycles. The quantitative estimate of drug-likeness (QED) is 0.887. The first-order valence-electron chi connectivity index (χ1n) is 8.17. The summed E-state index contributed by atoms with van der Waals surface area (Å²) in [5.74, 6) is 1.46. The van der Waals surface area contributed by atoms with Gasteiger partial charge in [0.15, 0.2) is 0 Å². The fraction of sp³-hybridized carbons (Fsp3) is 0.471. The molecule has 2 aliphatic heterocycles. The Morgan fingerprint density at radius 3 is 2.96 bits per heavy atom. The Bertz CT molecular complexity index is 653. The predicted molar refractivity (Wildman–Crippen MR) is 87.9 cm³/mol. The number of nitrogens with zero attached hydrogens (tertiary/aromatic N) is 3. The molecule has 0 bridgehead atoms. The highest BCUT2D eigenvalue weighted by atomic mass is 16.5. The van der Waals surface area contributed by atoms with Crippen LogP contribution >= 0.6 is 0 Å². The summed E-state index contributed by atoms with van der Waals surface area (Å²) in [7, 11) is 1.70. The third kappa shape index (κ3) is 2.97. The van der Waals surface area contributed by atoms with Crippen molar-refractivity contribution in [2.45, 2.75) is 19.1 Å². The van der Waals surface area contributed by atoms with E-state index in [0.717, 1.165) is 38.5 Å². The minimum atomic E-state index is 0.341. The Balaban J connectivity index is 1.43. The van der Waals surface area contributed by atoms with Crippen molar-refractivity contribution in [2.24, 2.45) is 5.92 Å². The van der Waals surface area contributed by atoms with E-state index in [4.69, 9.17) is 4.74 Å². The van der Waals surface area contributed by atoms with Gasteiger partial charge in [0.05, 0.1) is 25.2 Å². The molecular formula is C17H23N5O. The molecular weight excluding hydrogens is 290 g/mol. The lowest BCUT2D eigenvalue weighted by atomic mass is 9.94. The molecule has 4 rings (SSSR count). The molecule has 1 fully saturated rings. The van der Waals surface area contributed by atoms with Gasteiger partial charge >= 0.3 is 0 Å². The van der Waals surface area contributed by atoms with Crippen LogP contribution in [0.1, 0.15) is 17.3 Å². The topological polar surface area (TPSA) is 54.4 Å². The van der Waals surface area contributed by atoms with Crippen LogP contribution in [0.25, 0.3) is 0 Å². The highest BCUT2D eigenvalue weighted by Crippen LogP contribution is 2.28. The van der Waals surface area contributed by atoms with Gasteiger partial charge in [-0.25, -0.2) is 10.4 Å². The van der Waals surface area contributed by atoms with E-state index in [1.807, 2.05) is 24.7 Å². The molecule has 2 unspecified atom stereocenters. The molecule has 3 heterocycles. The van der Waals surface area contributed by atoms with Crippen LogP contribution in [0.3, 0.4) is 0 Å². The van der Waals surface area contributed by atoms with Crippen LogP contribution in [0.2, 0.25) is 0 Å². The molecule has 2 aromatic rings. The van der Waals surface area contributed by atoms with Crippen LogP contribution in [0, 0.1) is 5.92 Å². The molecule has 6 nitrogen and oxygen atoms in total. The zero-order valence-electron chi connectivity index (χ0n) is 13.4. The first kappa shape index (κ1) is 14.7. The van der Waals surface area contributed by atoms with Crippen molar-refractivity contribution in [3.05, 3.63) is 48.0 Å². The molecule has 23 heavy (non-hydrogen) atoms. The molecule has 6 heteroatoms. The summed E-state index contributed by atoms with van der Waals surface area (Å²) in [6, 6.07) is 8.72. The molecule has 0 radical (unpaired) electrons. The monoisotopic (exact) mass is 313 g/mol. The van der Waals surface area contributed by atoms with E-state index in [9.17, 15) is 0 Å². The lowest BCUT2D eigenvalue weighted by molar-refractivity contribution is 0.185. The summed E-state index contributed by atoms with van der Waals surface area (Å²) < 4.78 is 7.51. The Kier molecular flexibility index (Phi) is 4.03. The standard InChI is InChI=1S/C17H23N5O/c1-23-16-4-2-13(3-5-16)17-14(8-19-20-17)10-21-6-7-22-12-18-9-15(22)11-21/h2-5,9,12,14,17,19-20H,6-8,10-11H2,1H3. The number of hydrogen-bond acceptors (Lipinski definition) is 5. The van der Waals surface area contributed by atoms with Crippen molar-refractivity contribution in [1.29, 1.82) is 0 Å². The normalized spacial score (nSPS) is 24.6. The molecule has 1 saturated heterocycles. The molecule has 122 valence electrons. The maximum absolute atomic E-state index is 5.25. The summed E-state index contributed by atoms with van der Waals surface area (Å²) >= 11 is 0. The molecule has 0 aliphatic carbocycles. The largest absolute Gasteiger partial charge is 0.497 e. The summed E-state index contributed by atoms with van der Waals surface area (Å²) in [6.07, 6.45) is 3.92. The molecule has 0 amide bonds. The van der Waals surface area contributed by atoms with Gasteiger partial charge in [-0.1, -0.05) is 12.1 Å². The number of methoxy groups -OCH3 is 1. The van der Waals surface area contributed by atoms with Crippen molar-refractivity contribution in [2.75, 3.05) is 26.7 Å². The van der Waals surface area contributed by atoms with E-state index in [1.165, 1.54) is 11.3 Å². The third-order valence-electron chi connectivity index (χ3n) is 4.90. The minimum absolute atomic E-state index is 0.341. The fourth-order valence-corrected chi connectivity index (χ4v) is 3.60. The Morgan fingerprint density at radius 2 is 2.13 bits per heavy atom. The number of aromatic nitrogens is 2. The van der Waals surface area contributed by atoms with Crippen LogP contribution in [0.15, 0.2) is 36.8 Å². The van der Waals surface area contributed by atoms with Crippen molar-refractivity contribution >= 4 is 0 Å². The third-order valence-corrected chi connectivity index (χ3v) is 4.90. The minimum Gasteiger partial charge on any atom is -0.497 e. The predicted octanol–water partition coefficient (Wildman–Crippen LogP) is 1.17. The first-order chi connectivity index (χ1) is 11.3. The van der Waals surface area contributed by atoms with Gasteiger partial charge in [0.1, 0.15) is 5.75 Å². The molecule has 0 spiro atoms. The maximum atomic E-state index is 5.25. The number of imidazole rings is 1. The van der Waals surface area contributed by atoms with Crippen LogP contribution < -0.4 is 15.6 Å². The molecule has 1 aromatic heterocycles. The smallest absolute Gasteiger partial charge is 0.118 e. The number of benzene rings is 1. The second-order valence-electron chi connectivity index (χ2n) is 6.35. The Labute approximate surface area is 136 Å². The van der Waals surface area contributed by atoms with Gasteiger partial charge in [-0.2, -0.15) is 0 Å². The van der Waals surface area contributed by atoms with E-state index in [1.54, 1.807) is 7.11 Å². The number of nitrogens with one attached hydrogen (secondary N) is 2. The van der Waals surface area contributed by atoms with Gasteiger partial charge < -0.3 is 9.30 Å². The molecule has 2 N–H and O–H groups in total. The number of hydrazine groups is 1. The second-order valence-corrected chi connectivity index (χ2v) is 6.35. The summed E-state index contributed by atoms with van der Waals surface area (Å²) in [5, 5.41) is 0. The van der Waals surface area contributed by atoms with Crippen LogP contribution in [0.5, 0.6) is 5.75 Å². The lowest BCUT2D eigenvalue weighted by Gasteiger charge is -2.31. The number of rotatable bonds is 4. The zero-order valence-corrected chi connectivity index (χ0v) is 13.4. The highest BCUT2D eigenvalue weighted by molar-refractivity contribution is 5.30. The van der Waals surface area contributed by atoms with Crippen LogP contribution in [-0.2, 0) is 13.1 Å². The van der Waals surface area contributed by atoms with Gasteiger partial charge in [0.25, 0.3) is 0 Å². The van der Waals surface area contributed by atoms with Gasteiger partial charge in [-0.05, 0) is 17.7 Å². The van der Waals surface area contributed by atoms with E-state index >= 15 is 0 Å². The summed E-state index contributed by atoms with van der Waals surface area (Å²) in [5.41, 5.74) is 9.38. The van der Waals surface area contributed by atoms with Crippen molar-refractivity contribution in [3.63, 3.8) is 0 Å². The van der Waals surface area contributed by atoms with Crippen molar-refractivity contribution in [3.8, 4) is 5.75 Å². The van der Waals surface area contributed by atoms with Gasteiger partial charge in [-0.3, -0.25) is 10.3 Å². The number of hydrogen-bond donors (Lipinski definition) is 2. The SMILES string of the molecule is COc1ccc(C2NNCC2CN2CCn3cncc3C2)cc1.